The molecule has 29 heavy (non-hydrogen) atoms. The number of fused-ring (bicyclic) bond motifs is 1. The van der Waals surface area contributed by atoms with E-state index in [4.69, 9.17) is 0 Å². The van der Waals surface area contributed by atoms with E-state index in [0.717, 1.165) is 23.1 Å². The number of rotatable bonds is 5. The number of aromatic nitrogens is 2. The number of anilines is 1. The Morgan fingerprint density at radius 2 is 1.83 bits per heavy atom. The average Bonchev–Trinajstić information content (AvgIpc) is 3.16. The topological polar surface area (TPSA) is 64.0 Å². The molecule has 0 aliphatic rings. The summed E-state index contributed by atoms with van der Waals surface area (Å²) in [5, 5.41) is 5.34. The number of hydrogen-bond donors (Lipinski definition) is 1. The van der Waals surface area contributed by atoms with Crippen LogP contribution in [0.15, 0.2) is 65.0 Å². The molecule has 0 atom stereocenters. The predicted octanol–water partition coefficient (Wildman–Crippen LogP) is 4.63. The third-order valence-corrected chi connectivity index (χ3v) is 5.77. The van der Waals surface area contributed by atoms with E-state index in [1.165, 1.54) is 27.8 Å². The van der Waals surface area contributed by atoms with Crippen LogP contribution in [0.25, 0.3) is 21.3 Å². The van der Waals surface area contributed by atoms with E-state index in [-0.39, 0.29) is 18.0 Å². The molecule has 0 aliphatic carbocycles. The van der Waals surface area contributed by atoms with Gasteiger partial charge in [0, 0.05) is 16.6 Å². The molecule has 1 N–H and O–H groups in total. The van der Waals surface area contributed by atoms with Gasteiger partial charge >= 0.3 is 0 Å². The van der Waals surface area contributed by atoms with Crippen molar-refractivity contribution in [1.29, 1.82) is 0 Å². The van der Waals surface area contributed by atoms with Gasteiger partial charge in [0.15, 0.2) is 0 Å². The first-order valence-electron chi connectivity index (χ1n) is 9.47. The molecule has 2 aromatic carbocycles. The molecule has 2 heterocycles. The van der Waals surface area contributed by atoms with Gasteiger partial charge in [-0.1, -0.05) is 48.9 Å². The van der Waals surface area contributed by atoms with Crippen molar-refractivity contribution in [2.75, 3.05) is 5.32 Å². The summed E-state index contributed by atoms with van der Waals surface area (Å²) in [6.45, 7) is 4.03. The molecule has 0 unspecified atom stereocenters. The molecular formula is C23H21N3O2S. The van der Waals surface area contributed by atoms with Gasteiger partial charge in [-0.25, -0.2) is 4.98 Å². The van der Waals surface area contributed by atoms with E-state index >= 15 is 0 Å². The van der Waals surface area contributed by atoms with Crippen LogP contribution in [-0.2, 0) is 17.8 Å². The van der Waals surface area contributed by atoms with Gasteiger partial charge in [-0.15, -0.1) is 11.3 Å². The third kappa shape index (κ3) is 3.98. The minimum absolute atomic E-state index is 0.0829. The van der Waals surface area contributed by atoms with Crippen LogP contribution >= 0.6 is 11.3 Å². The van der Waals surface area contributed by atoms with Gasteiger partial charge < -0.3 is 5.32 Å². The fraction of sp³-hybridized carbons (Fsp3) is 0.174. The van der Waals surface area contributed by atoms with Crippen LogP contribution in [-0.4, -0.2) is 15.5 Å². The zero-order valence-electron chi connectivity index (χ0n) is 16.3. The lowest BCUT2D eigenvalue weighted by Gasteiger charge is -2.08. The maximum atomic E-state index is 13.1. The summed E-state index contributed by atoms with van der Waals surface area (Å²) in [6.07, 6.45) is 2.39. The Morgan fingerprint density at radius 3 is 2.52 bits per heavy atom. The Hall–Kier alpha value is -3.25. The second-order valence-corrected chi connectivity index (χ2v) is 7.83. The predicted molar refractivity (Wildman–Crippen MR) is 119 cm³/mol. The Kier molecular flexibility index (Phi) is 5.27. The smallest absolute Gasteiger partial charge is 0.263 e. The number of hydrogen-bond acceptors (Lipinski definition) is 4. The second kappa shape index (κ2) is 8.01. The molecule has 0 bridgehead atoms. The van der Waals surface area contributed by atoms with Gasteiger partial charge in [-0.2, -0.15) is 0 Å². The largest absolute Gasteiger partial charge is 0.325 e. The van der Waals surface area contributed by atoms with Gasteiger partial charge in [0.2, 0.25) is 5.91 Å². The fourth-order valence-electron chi connectivity index (χ4n) is 3.20. The van der Waals surface area contributed by atoms with Gasteiger partial charge in [0.1, 0.15) is 11.4 Å². The highest BCUT2D eigenvalue weighted by Crippen LogP contribution is 2.30. The molecule has 0 saturated carbocycles. The zero-order chi connectivity index (χ0) is 20.4. The van der Waals surface area contributed by atoms with Crippen molar-refractivity contribution in [3.8, 4) is 11.1 Å². The van der Waals surface area contributed by atoms with Crippen molar-refractivity contribution in [3.63, 3.8) is 0 Å². The van der Waals surface area contributed by atoms with Crippen molar-refractivity contribution < 1.29 is 4.79 Å². The number of carbonyl (C=O) groups excluding carboxylic acids is 1. The molecule has 0 spiro atoms. The van der Waals surface area contributed by atoms with Crippen LogP contribution in [0, 0.1) is 6.92 Å². The average molecular weight is 404 g/mol. The normalized spacial score (nSPS) is 11.0. The summed E-state index contributed by atoms with van der Waals surface area (Å²) in [5.41, 5.74) is 4.70. The number of thiophene rings is 1. The summed E-state index contributed by atoms with van der Waals surface area (Å²) in [7, 11) is 0. The number of nitrogens with one attached hydrogen (secondary N) is 1. The van der Waals surface area contributed by atoms with E-state index < -0.39 is 0 Å². The lowest BCUT2D eigenvalue weighted by Crippen LogP contribution is -2.27. The van der Waals surface area contributed by atoms with Gasteiger partial charge in [0.25, 0.3) is 5.56 Å². The van der Waals surface area contributed by atoms with Gasteiger partial charge in [-0.05, 0) is 36.6 Å². The van der Waals surface area contributed by atoms with Crippen LogP contribution in [0.2, 0.25) is 0 Å². The summed E-state index contributed by atoms with van der Waals surface area (Å²) in [6, 6.07) is 15.7. The first-order valence-corrected chi connectivity index (χ1v) is 10.4. The molecule has 1 amide bonds. The maximum absolute atomic E-state index is 13.1. The highest BCUT2D eigenvalue weighted by atomic mass is 32.1. The highest BCUT2D eigenvalue weighted by Gasteiger charge is 2.14. The molecule has 146 valence electrons. The number of amides is 1. The Balaban J connectivity index is 1.61. The Bertz CT molecular complexity index is 1220. The monoisotopic (exact) mass is 403 g/mol. The molecule has 0 saturated heterocycles. The van der Waals surface area contributed by atoms with E-state index in [1.54, 1.807) is 0 Å². The minimum atomic E-state index is -0.260. The van der Waals surface area contributed by atoms with Crippen molar-refractivity contribution in [2.45, 2.75) is 26.8 Å². The number of aryl methyl sites for hydroxylation is 2. The lowest BCUT2D eigenvalue weighted by molar-refractivity contribution is -0.116. The van der Waals surface area contributed by atoms with Crippen molar-refractivity contribution in [3.05, 3.63) is 81.7 Å². The second-order valence-electron chi connectivity index (χ2n) is 6.97. The fourth-order valence-corrected chi connectivity index (χ4v) is 4.11. The van der Waals surface area contributed by atoms with E-state index in [1.807, 2.05) is 60.8 Å². The first kappa shape index (κ1) is 19.1. The van der Waals surface area contributed by atoms with Crippen molar-refractivity contribution in [2.24, 2.45) is 0 Å². The van der Waals surface area contributed by atoms with Crippen molar-refractivity contribution >= 4 is 33.1 Å². The van der Waals surface area contributed by atoms with Crippen LogP contribution in [0.5, 0.6) is 0 Å². The Labute approximate surface area is 172 Å². The molecule has 4 rings (SSSR count). The SMILES string of the molecule is CCc1ccc(NC(=O)Cn2cnc3scc(-c4ccc(C)cc4)c3c2=O)cc1. The van der Waals surface area contributed by atoms with Crippen LogP contribution in [0.3, 0.4) is 0 Å². The quantitative estimate of drug-likeness (QED) is 0.528. The maximum Gasteiger partial charge on any atom is 0.263 e. The summed E-state index contributed by atoms with van der Waals surface area (Å²) >= 11 is 1.44. The van der Waals surface area contributed by atoms with E-state index in [2.05, 4.69) is 17.2 Å². The standard InChI is InChI=1S/C23H21N3O2S/c1-3-16-6-10-18(11-7-16)25-20(27)12-26-14-24-22-21(23(26)28)19(13-29-22)17-8-4-15(2)5-9-17/h4-11,13-14H,3,12H2,1-2H3,(H,25,27). The molecule has 4 aromatic rings. The summed E-state index contributed by atoms with van der Waals surface area (Å²) in [4.78, 5) is 30.6. The lowest BCUT2D eigenvalue weighted by atomic mass is 10.1. The number of nitrogens with zero attached hydrogens (tertiary/aromatic N) is 2. The van der Waals surface area contributed by atoms with Gasteiger partial charge in [0.05, 0.1) is 11.7 Å². The third-order valence-electron chi connectivity index (χ3n) is 4.88. The zero-order valence-corrected chi connectivity index (χ0v) is 17.1. The summed E-state index contributed by atoms with van der Waals surface area (Å²) in [5.74, 6) is -0.260. The number of benzene rings is 2. The molecule has 0 aliphatic heterocycles. The molecule has 0 fully saturated rings. The van der Waals surface area contributed by atoms with Gasteiger partial charge in [-0.3, -0.25) is 14.2 Å². The summed E-state index contributed by atoms with van der Waals surface area (Å²) < 4.78 is 1.36. The van der Waals surface area contributed by atoms with E-state index in [9.17, 15) is 9.59 Å². The van der Waals surface area contributed by atoms with E-state index in [0.29, 0.717) is 15.9 Å². The van der Waals surface area contributed by atoms with Crippen LogP contribution < -0.4 is 10.9 Å². The van der Waals surface area contributed by atoms with Crippen molar-refractivity contribution in [1.82, 2.24) is 9.55 Å². The molecule has 6 heteroatoms. The highest BCUT2D eigenvalue weighted by molar-refractivity contribution is 7.17. The molecule has 2 aromatic heterocycles. The Morgan fingerprint density at radius 1 is 1.10 bits per heavy atom. The van der Waals surface area contributed by atoms with Crippen LogP contribution in [0.4, 0.5) is 5.69 Å². The van der Waals surface area contributed by atoms with Crippen LogP contribution in [0.1, 0.15) is 18.1 Å². The number of carbonyl (C=O) groups is 1. The molecule has 5 nitrogen and oxygen atoms in total. The first-order chi connectivity index (χ1) is 14.0. The minimum Gasteiger partial charge on any atom is -0.325 e. The molecular weight excluding hydrogens is 382 g/mol. The molecule has 0 radical (unpaired) electrons.